The maximum absolute atomic E-state index is 9.34. The first kappa shape index (κ1) is 13.5. The summed E-state index contributed by atoms with van der Waals surface area (Å²) in [5.41, 5.74) is 2.31. The Morgan fingerprint density at radius 2 is 2.11 bits per heavy atom. The summed E-state index contributed by atoms with van der Waals surface area (Å²) in [5.74, 6) is 0.645. The van der Waals surface area contributed by atoms with Crippen LogP contribution in [0.25, 0.3) is 0 Å². The summed E-state index contributed by atoms with van der Waals surface area (Å²) < 4.78 is 0. The summed E-state index contributed by atoms with van der Waals surface area (Å²) in [5, 5.41) is 19.7. The fraction of sp³-hybridized carbons (Fsp3) is 0.357. The molecule has 98 valence electrons. The predicted octanol–water partition coefficient (Wildman–Crippen LogP) is 3.22. The van der Waals surface area contributed by atoms with E-state index >= 15 is 0 Å². The molecule has 1 atom stereocenters. The van der Waals surface area contributed by atoms with Gasteiger partial charge in [-0.1, -0.05) is 6.07 Å². The predicted molar refractivity (Wildman–Crippen MR) is 77.4 cm³/mol. The largest absolute Gasteiger partial charge is 0.350 e. The van der Waals surface area contributed by atoms with Crippen LogP contribution in [-0.2, 0) is 0 Å². The van der Waals surface area contributed by atoms with Crippen molar-refractivity contribution in [3.8, 4) is 6.07 Å². The molecule has 0 spiro atoms. The Labute approximate surface area is 117 Å². The third kappa shape index (κ3) is 2.45. The lowest BCUT2D eigenvalue weighted by molar-refractivity contribution is 0.727. The first-order valence-electron chi connectivity index (χ1n) is 6.06. The van der Waals surface area contributed by atoms with Gasteiger partial charge in [0.15, 0.2) is 5.82 Å². The molecule has 0 radical (unpaired) electrons. The Morgan fingerprint density at radius 3 is 2.68 bits per heavy atom. The molecule has 0 aliphatic heterocycles. The Hall–Kier alpha value is -1.93. The Morgan fingerprint density at radius 1 is 1.37 bits per heavy atom. The van der Waals surface area contributed by atoms with E-state index in [0.29, 0.717) is 11.4 Å². The minimum absolute atomic E-state index is 0.170. The van der Waals surface area contributed by atoms with Crippen LogP contribution in [0.1, 0.15) is 34.7 Å². The molecular weight excluding hydrogens is 256 g/mol. The Balaban J connectivity index is 2.42. The minimum atomic E-state index is 0.170. The molecule has 0 aliphatic rings. The highest BCUT2D eigenvalue weighted by atomic mass is 32.1. The van der Waals surface area contributed by atoms with E-state index in [4.69, 9.17) is 0 Å². The van der Waals surface area contributed by atoms with Gasteiger partial charge in [0.25, 0.3) is 0 Å². The molecule has 2 heterocycles. The van der Waals surface area contributed by atoms with Gasteiger partial charge >= 0.3 is 0 Å². The topological polar surface area (TPSA) is 52.8 Å². The molecule has 0 amide bonds. The number of thiophene rings is 1. The average molecular weight is 272 g/mol. The third-order valence-electron chi connectivity index (χ3n) is 3.42. The molecule has 0 aromatic carbocycles. The standard InChI is InChI=1S/C14H16N4S/c1-9-10(2)16-17-14(12(9)8-15)18(4)11(3)13-6-5-7-19-13/h5-7,11H,1-4H3. The van der Waals surface area contributed by atoms with Gasteiger partial charge in [-0.3, -0.25) is 0 Å². The van der Waals surface area contributed by atoms with Crippen LogP contribution in [0.15, 0.2) is 17.5 Å². The first-order valence-corrected chi connectivity index (χ1v) is 6.94. The maximum Gasteiger partial charge on any atom is 0.169 e. The lowest BCUT2D eigenvalue weighted by Crippen LogP contribution is -2.24. The maximum atomic E-state index is 9.34. The zero-order valence-corrected chi connectivity index (χ0v) is 12.3. The summed E-state index contributed by atoms with van der Waals surface area (Å²) in [6.07, 6.45) is 0. The average Bonchev–Trinajstić information content (AvgIpc) is 2.94. The number of hydrogen-bond acceptors (Lipinski definition) is 5. The SMILES string of the molecule is Cc1nnc(N(C)C(C)c2cccs2)c(C#N)c1C. The van der Waals surface area contributed by atoms with E-state index in [-0.39, 0.29) is 6.04 Å². The second-order valence-electron chi connectivity index (χ2n) is 4.52. The summed E-state index contributed by atoms with van der Waals surface area (Å²) >= 11 is 1.70. The number of aromatic nitrogens is 2. The van der Waals surface area contributed by atoms with E-state index in [1.54, 1.807) is 11.3 Å². The highest BCUT2D eigenvalue weighted by Crippen LogP contribution is 2.29. The Bertz CT molecular complexity index is 613. The summed E-state index contributed by atoms with van der Waals surface area (Å²) in [7, 11) is 1.95. The molecule has 0 saturated heterocycles. The molecule has 0 bridgehead atoms. The van der Waals surface area contributed by atoms with Crippen LogP contribution in [0.3, 0.4) is 0 Å². The molecule has 0 N–H and O–H groups in total. The van der Waals surface area contributed by atoms with Crippen molar-refractivity contribution in [3.63, 3.8) is 0 Å². The molecule has 2 aromatic heterocycles. The zero-order chi connectivity index (χ0) is 14.0. The fourth-order valence-electron chi connectivity index (χ4n) is 1.88. The van der Waals surface area contributed by atoms with Gasteiger partial charge in [0.05, 0.1) is 11.7 Å². The van der Waals surface area contributed by atoms with E-state index in [9.17, 15) is 5.26 Å². The fourth-order valence-corrected chi connectivity index (χ4v) is 2.71. The van der Waals surface area contributed by atoms with Crippen LogP contribution in [0.4, 0.5) is 5.82 Å². The zero-order valence-electron chi connectivity index (χ0n) is 11.5. The summed E-state index contributed by atoms with van der Waals surface area (Å²) in [6.45, 7) is 5.88. The van der Waals surface area contributed by atoms with Crippen molar-refractivity contribution in [2.75, 3.05) is 11.9 Å². The molecule has 2 rings (SSSR count). The van der Waals surface area contributed by atoms with Crippen molar-refractivity contribution >= 4 is 17.2 Å². The molecule has 2 aromatic rings. The number of hydrogen-bond donors (Lipinski definition) is 0. The van der Waals surface area contributed by atoms with Crippen LogP contribution in [0.2, 0.25) is 0 Å². The monoisotopic (exact) mass is 272 g/mol. The number of aryl methyl sites for hydroxylation is 1. The van der Waals surface area contributed by atoms with Gasteiger partial charge in [0.2, 0.25) is 0 Å². The molecule has 1 unspecified atom stereocenters. The normalized spacial score (nSPS) is 11.9. The number of rotatable bonds is 3. The van der Waals surface area contributed by atoms with Gasteiger partial charge in [-0.15, -0.1) is 16.4 Å². The van der Waals surface area contributed by atoms with Crippen LogP contribution in [0, 0.1) is 25.2 Å². The van der Waals surface area contributed by atoms with Crippen molar-refractivity contribution in [3.05, 3.63) is 39.2 Å². The van der Waals surface area contributed by atoms with E-state index in [1.807, 2.05) is 31.9 Å². The van der Waals surface area contributed by atoms with Crippen LogP contribution in [0.5, 0.6) is 0 Å². The molecule has 19 heavy (non-hydrogen) atoms. The van der Waals surface area contributed by atoms with Crippen molar-refractivity contribution in [2.45, 2.75) is 26.8 Å². The molecule has 5 heteroatoms. The second kappa shape index (κ2) is 5.37. The quantitative estimate of drug-likeness (QED) is 0.860. The Kier molecular flexibility index (Phi) is 3.82. The molecular formula is C14H16N4S. The van der Waals surface area contributed by atoms with Gasteiger partial charge in [-0.05, 0) is 37.8 Å². The van der Waals surface area contributed by atoms with Crippen LogP contribution in [-0.4, -0.2) is 17.2 Å². The van der Waals surface area contributed by atoms with Crippen molar-refractivity contribution in [1.82, 2.24) is 10.2 Å². The number of anilines is 1. The lowest BCUT2D eigenvalue weighted by atomic mass is 10.1. The van der Waals surface area contributed by atoms with E-state index in [2.05, 4.69) is 34.6 Å². The summed E-state index contributed by atoms with van der Waals surface area (Å²) in [6, 6.07) is 6.53. The van der Waals surface area contributed by atoms with Gasteiger partial charge in [-0.25, -0.2) is 0 Å². The van der Waals surface area contributed by atoms with Crippen LogP contribution < -0.4 is 4.90 Å². The highest BCUT2D eigenvalue weighted by Gasteiger charge is 2.20. The smallest absolute Gasteiger partial charge is 0.169 e. The highest BCUT2D eigenvalue weighted by molar-refractivity contribution is 7.10. The molecule has 0 saturated carbocycles. The van der Waals surface area contributed by atoms with Crippen molar-refractivity contribution in [1.29, 1.82) is 5.26 Å². The molecule has 4 nitrogen and oxygen atoms in total. The van der Waals surface area contributed by atoms with E-state index < -0.39 is 0 Å². The minimum Gasteiger partial charge on any atom is -0.350 e. The van der Waals surface area contributed by atoms with Gasteiger partial charge in [-0.2, -0.15) is 10.4 Å². The lowest BCUT2D eigenvalue weighted by Gasteiger charge is -2.26. The van der Waals surface area contributed by atoms with Gasteiger partial charge < -0.3 is 4.90 Å². The van der Waals surface area contributed by atoms with E-state index in [0.717, 1.165) is 11.3 Å². The second-order valence-corrected chi connectivity index (χ2v) is 5.50. The molecule has 0 fully saturated rings. The number of nitrogens with zero attached hydrogens (tertiary/aromatic N) is 4. The summed E-state index contributed by atoms with van der Waals surface area (Å²) in [4.78, 5) is 3.25. The number of nitriles is 1. The van der Waals surface area contributed by atoms with Crippen molar-refractivity contribution in [2.24, 2.45) is 0 Å². The first-order chi connectivity index (χ1) is 9.06. The van der Waals surface area contributed by atoms with Gasteiger partial charge in [0.1, 0.15) is 11.6 Å². The van der Waals surface area contributed by atoms with Gasteiger partial charge in [0, 0.05) is 11.9 Å². The van der Waals surface area contributed by atoms with Crippen LogP contribution >= 0.6 is 11.3 Å². The van der Waals surface area contributed by atoms with E-state index in [1.165, 1.54) is 4.88 Å². The third-order valence-corrected chi connectivity index (χ3v) is 4.46. The van der Waals surface area contributed by atoms with Crippen molar-refractivity contribution < 1.29 is 0 Å². The molecule has 0 aliphatic carbocycles.